The molecule has 0 spiro atoms. The molecular formula is C11H15N5O. The summed E-state index contributed by atoms with van der Waals surface area (Å²) in [5, 5.41) is 11.6. The van der Waals surface area contributed by atoms with E-state index < -0.39 is 0 Å². The Morgan fingerprint density at radius 3 is 2.94 bits per heavy atom. The van der Waals surface area contributed by atoms with Gasteiger partial charge in [0.2, 0.25) is 5.90 Å². The van der Waals surface area contributed by atoms with Gasteiger partial charge in [0, 0.05) is 0 Å². The van der Waals surface area contributed by atoms with E-state index in [4.69, 9.17) is 4.74 Å². The van der Waals surface area contributed by atoms with Gasteiger partial charge >= 0.3 is 0 Å². The third kappa shape index (κ3) is 2.08. The Hall–Kier alpha value is -1.69. The Morgan fingerprint density at radius 1 is 1.41 bits per heavy atom. The molecule has 0 radical (unpaired) electrons. The molecule has 17 heavy (non-hydrogen) atoms. The van der Waals surface area contributed by atoms with Crippen molar-refractivity contribution in [3.63, 3.8) is 0 Å². The zero-order valence-corrected chi connectivity index (χ0v) is 9.59. The highest BCUT2D eigenvalue weighted by Crippen LogP contribution is 2.18. The van der Waals surface area contributed by atoms with Crippen LogP contribution in [0.15, 0.2) is 23.5 Å². The van der Waals surface area contributed by atoms with Gasteiger partial charge < -0.3 is 10.1 Å². The molecule has 0 bridgehead atoms. The van der Waals surface area contributed by atoms with Gasteiger partial charge in [0.25, 0.3) is 0 Å². The molecule has 0 saturated carbocycles. The topological polar surface area (TPSA) is 64.3 Å². The maximum atomic E-state index is 5.38. The lowest BCUT2D eigenvalue weighted by atomic mass is 10.1. The van der Waals surface area contributed by atoms with Crippen LogP contribution in [-0.2, 0) is 4.74 Å². The average molecular weight is 233 g/mol. The molecule has 2 aliphatic heterocycles. The van der Waals surface area contributed by atoms with E-state index in [2.05, 4.69) is 27.2 Å². The minimum atomic E-state index is 0.433. The molecule has 1 fully saturated rings. The Morgan fingerprint density at radius 2 is 2.24 bits per heavy atom. The molecular weight excluding hydrogens is 218 g/mol. The second-order valence-electron chi connectivity index (χ2n) is 4.33. The van der Waals surface area contributed by atoms with Crippen molar-refractivity contribution in [3.05, 3.63) is 24.2 Å². The monoisotopic (exact) mass is 233 g/mol. The predicted molar refractivity (Wildman–Crippen MR) is 62.8 cm³/mol. The standard InChI is InChI=1S/C11H15N5O/c1-8-6-13-11(17-8)10-7-16(15-14-10)9-2-4-12-5-3-9/h7,9,12H,1-6H2. The summed E-state index contributed by atoms with van der Waals surface area (Å²) in [4.78, 5) is 4.21. The second kappa shape index (κ2) is 4.29. The van der Waals surface area contributed by atoms with Gasteiger partial charge in [-0.2, -0.15) is 0 Å². The number of piperidine rings is 1. The van der Waals surface area contributed by atoms with Crippen LogP contribution < -0.4 is 5.32 Å². The molecule has 0 atom stereocenters. The molecule has 0 amide bonds. The summed E-state index contributed by atoms with van der Waals surface area (Å²) in [6.45, 7) is 6.32. The summed E-state index contributed by atoms with van der Waals surface area (Å²) in [5.74, 6) is 1.20. The first-order valence-electron chi connectivity index (χ1n) is 5.86. The minimum absolute atomic E-state index is 0.433. The lowest BCUT2D eigenvalue weighted by molar-refractivity contribution is 0.337. The van der Waals surface area contributed by atoms with Crippen molar-refractivity contribution < 1.29 is 4.74 Å². The largest absolute Gasteiger partial charge is 0.440 e. The van der Waals surface area contributed by atoms with Crippen molar-refractivity contribution in [1.29, 1.82) is 0 Å². The van der Waals surface area contributed by atoms with Gasteiger partial charge in [0.1, 0.15) is 12.3 Å². The van der Waals surface area contributed by atoms with Gasteiger partial charge in [-0.3, -0.25) is 0 Å². The number of nitrogens with zero attached hydrogens (tertiary/aromatic N) is 4. The fourth-order valence-electron chi connectivity index (χ4n) is 2.12. The van der Waals surface area contributed by atoms with Crippen LogP contribution >= 0.6 is 0 Å². The lowest BCUT2D eigenvalue weighted by Crippen LogP contribution is -2.29. The molecule has 1 N–H and O–H groups in total. The highest BCUT2D eigenvalue weighted by atomic mass is 16.5. The van der Waals surface area contributed by atoms with Gasteiger partial charge in [0.05, 0.1) is 12.2 Å². The van der Waals surface area contributed by atoms with Gasteiger partial charge in [-0.05, 0) is 25.9 Å². The molecule has 6 heteroatoms. The maximum absolute atomic E-state index is 5.38. The zero-order valence-electron chi connectivity index (χ0n) is 9.59. The molecule has 0 aromatic carbocycles. The minimum Gasteiger partial charge on any atom is -0.440 e. The van der Waals surface area contributed by atoms with Crippen molar-refractivity contribution in [1.82, 2.24) is 20.3 Å². The summed E-state index contributed by atoms with van der Waals surface area (Å²) in [5.41, 5.74) is 0.696. The SMILES string of the molecule is C=C1CN=C(c2cn(C3CCNCC3)nn2)O1. The first kappa shape index (κ1) is 10.5. The third-order valence-electron chi connectivity index (χ3n) is 3.05. The summed E-state index contributed by atoms with van der Waals surface area (Å²) < 4.78 is 7.30. The van der Waals surface area contributed by atoms with Gasteiger partial charge in [0.15, 0.2) is 5.69 Å². The molecule has 3 rings (SSSR count). The van der Waals surface area contributed by atoms with E-state index in [1.807, 2.05) is 10.9 Å². The van der Waals surface area contributed by atoms with Crippen molar-refractivity contribution in [2.75, 3.05) is 19.6 Å². The number of nitrogens with one attached hydrogen (secondary N) is 1. The van der Waals surface area contributed by atoms with Crippen LogP contribution in [-0.4, -0.2) is 40.5 Å². The molecule has 0 aliphatic carbocycles. The number of ether oxygens (including phenoxy) is 1. The van der Waals surface area contributed by atoms with Crippen LogP contribution in [0.4, 0.5) is 0 Å². The van der Waals surface area contributed by atoms with E-state index in [0.29, 0.717) is 29.9 Å². The van der Waals surface area contributed by atoms with Crippen molar-refractivity contribution in [3.8, 4) is 0 Å². The predicted octanol–water partition coefficient (Wildman–Crippen LogP) is 0.493. The molecule has 1 saturated heterocycles. The molecule has 2 aliphatic rings. The molecule has 3 heterocycles. The number of hydrogen-bond donors (Lipinski definition) is 1. The molecule has 1 aromatic heterocycles. The number of aromatic nitrogens is 3. The van der Waals surface area contributed by atoms with E-state index >= 15 is 0 Å². The Balaban J connectivity index is 1.76. The Bertz CT molecular complexity index is 458. The fourth-order valence-corrected chi connectivity index (χ4v) is 2.12. The molecule has 90 valence electrons. The van der Waals surface area contributed by atoms with E-state index in [-0.39, 0.29) is 0 Å². The van der Waals surface area contributed by atoms with Gasteiger partial charge in [-0.15, -0.1) is 5.10 Å². The Labute approximate surface area is 99.4 Å². The first-order valence-corrected chi connectivity index (χ1v) is 5.86. The highest BCUT2D eigenvalue weighted by molar-refractivity contribution is 5.93. The fraction of sp³-hybridized carbons (Fsp3) is 0.545. The number of rotatable bonds is 2. The van der Waals surface area contributed by atoms with E-state index in [0.717, 1.165) is 25.9 Å². The Kier molecular flexibility index (Phi) is 2.64. The zero-order chi connectivity index (χ0) is 11.7. The summed E-state index contributed by atoms with van der Waals surface area (Å²) in [6.07, 6.45) is 4.08. The van der Waals surface area contributed by atoms with E-state index in [1.165, 1.54) is 0 Å². The van der Waals surface area contributed by atoms with Crippen LogP contribution in [0.3, 0.4) is 0 Å². The van der Waals surface area contributed by atoms with Crippen LogP contribution in [0.5, 0.6) is 0 Å². The molecule has 0 unspecified atom stereocenters. The van der Waals surface area contributed by atoms with Crippen LogP contribution in [0, 0.1) is 0 Å². The summed E-state index contributed by atoms with van der Waals surface area (Å²) in [6, 6.07) is 0.433. The summed E-state index contributed by atoms with van der Waals surface area (Å²) in [7, 11) is 0. The highest BCUT2D eigenvalue weighted by Gasteiger charge is 2.20. The van der Waals surface area contributed by atoms with Crippen molar-refractivity contribution >= 4 is 5.90 Å². The van der Waals surface area contributed by atoms with Gasteiger partial charge in [-0.25, -0.2) is 9.67 Å². The van der Waals surface area contributed by atoms with Gasteiger partial charge in [-0.1, -0.05) is 11.8 Å². The molecule has 1 aromatic rings. The third-order valence-corrected chi connectivity index (χ3v) is 3.05. The quantitative estimate of drug-likeness (QED) is 0.807. The average Bonchev–Trinajstić information content (AvgIpc) is 2.98. The van der Waals surface area contributed by atoms with Crippen LogP contribution in [0.25, 0.3) is 0 Å². The van der Waals surface area contributed by atoms with E-state index in [1.54, 1.807) is 0 Å². The smallest absolute Gasteiger partial charge is 0.244 e. The van der Waals surface area contributed by atoms with Crippen LogP contribution in [0.2, 0.25) is 0 Å². The number of aliphatic imine (C=N–C) groups is 1. The van der Waals surface area contributed by atoms with Crippen LogP contribution in [0.1, 0.15) is 24.6 Å². The normalized spacial score (nSPS) is 21.4. The second-order valence-corrected chi connectivity index (χ2v) is 4.33. The number of hydrogen-bond acceptors (Lipinski definition) is 5. The van der Waals surface area contributed by atoms with Crippen molar-refractivity contribution in [2.24, 2.45) is 4.99 Å². The first-order chi connectivity index (χ1) is 8.33. The maximum Gasteiger partial charge on any atom is 0.244 e. The lowest BCUT2D eigenvalue weighted by Gasteiger charge is -2.22. The van der Waals surface area contributed by atoms with E-state index in [9.17, 15) is 0 Å². The van der Waals surface area contributed by atoms with Crippen molar-refractivity contribution in [2.45, 2.75) is 18.9 Å². The summed E-state index contributed by atoms with van der Waals surface area (Å²) >= 11 is 0. The molecule has 6 nitrogen and oxygen atoms in total.